The van der Waals surface area contributed by atoms with E-state index in [2.05, 4.69) is 24.3 Å². The van der Waals surface area contributed by atoms with E-state index in [1.807, 2.05) is 0 Å². The van der Waals surface area contributed by atoms with Crippen LogP contribution in [0.4, 0.5) is 0 Å². The van der Waals surface area contributed by atoms with E-state index in [0.717, 1.165) is 29.3 Å². The number of halogens is 2. The van der Waals surface area contributed by atoms with Crippen molar-refractivity contribution in [2.75, 3.05) is 0 Å². The largest absolute Gasteiger partial charge is 0.0885 e. The Hall–Kier alpha value is 0.410. The van der Waals surface area contributed by atoms with Crippen LogP contribution in [0.3, 0.4) is 0 Å². The van der Waals surface area contributed by atoms with Crippen molar-refractivity contribution < 1.29 is 25.8 Å². The summed E-state index contributed by atoms with van der Waals surface area (Å²) in [5.74, 6) is 0. The van der Waals surface area contributed by atoms with Gasteiger partial charge in [-0.25, -0.2) is 0 Å². The van der Waals surface area contributed by atoms with Crippen LogP contribution in [-0.4, -0.2) is 0 Å². The topological polar surface area (TPSA) is 0 Å². The van der Waals surface area contributed by atoms with Crippen LogP contribution in [0.15, 0.2) is 45.5 Å². The fraction of sp³-hybridized carbons (Fsp3) is 0.273. The van der Waals surface area contributed by atoms with Gasteiger partial charge in [0.1, 0.15) is 0 Å². The summed E-state index contributed by atoms with van der Waals surface area (Å²) in [6.45, 7) is 0. The van der Waals surface area contributed by atoms with Crippen molar-refractivity contribution in [1.82, 2.24) is 0 Å². The molecule has 0 radical (unpaired) electrons. The molecule has 0 aromatic heterocycles. The zero-order valence-electron chi connectivity index (χ0n) is 7.69. The molecule has 14 heavy (non-hydrogen) atoms. The van der Waals surface area contributed by atoms with Crippen LogP contribution in [0.25, 0.3) is 0 Å². The van der Waals surface area contributed by atoms with Crippen molar-refractivity contribution in [2.24, 2.45) is 0 Å². The van der Waals surface area contributed by atoms with Crippen LogP contribution in [0.1, 0.15) is 19.3 Å². The first-order chi connectivity index (χ1) is 6.27. The van der Waals surface area contributed by atoms with E-state index in [0.29, 0.717) is 0 Å². The molecule has 0 unspecified atom stereocenters. The first kappa shape index (κ1) is 12.5. The van der Waals surface area contributed by atoms with Crippen molar-refractivity contribution >= 4 is 23.2 Å². The molecule has 2 rings (SSSR count). The van der Waals surface area contributed by atoms with Gasteiger partial charge in [-0.1, -0.05) is 47.5 Å². The maximum absolute atomic E-state index is 6.03. The third kappa shape index (κ3) is 2.71. The Bertz CT molecular complexity index is 314. The Kier molecular flexibility index (Phi) is 4.89. The van der Waals surface area contributed by atoms with Crippen LogP contribution in [0.2, 0.25) is 0 Å². The second-order valence-electron chi connectivity index (χ2n) is 3.25. The predicted octanol–water partition coefficient (Wildman–Crippen LogP) is 4.28. The summed E-state index contributed by atoms with van der Waals surface area (Å²) in [7, 11) is 0. The zero-order valence-corrected chi connectivity index (χ0v) is 12.8. The van der Waals surface area contributed by atoms with Gasteiger partial charge in [0, 0.05) is 48.7 Å². The van der Waals surface area contributed by atoms with Crippen molar-refractivity contribution in [2.45, 2.75) is 19.3 Å². The SMILES string of the molecule is ClC1=C(CC2=C(Cl)CC=C2)C=CC1.[Hf]. The minimum Gasteiger partial charge on any atom is -0.0885 e. The van der Waals surface area contributed by atoms with Gasteiger partial charge in [0.2, 0.25) is 0 Å². The molecule has 0 N–H and O–H groups in total. The molecule has 0 aliphatic heterocycles. The maximum Gasteiger partial charge on any atom is 0.0253 e. The van der Waals surface area contributed by atoms with Gasteiger partial charge < -0.3 is 0 Å². The Morgan fingerprint density at radius 2 is 1.36 bits per heavy atom. The normalized spacial score (nSPS) is 19.6. The van der Waals surface area contributed by atoms with Crippen LogP contribution in [-0.2, 0) is 25.8 Å². The van der Waals surface area contributed by atoms with Gasteiger partial charge in [-0.3, -0.25) is 0 Å². The van der Waals surface area contributed by atoms with Gasteiger partial charge >= 0.3 is 0 Å². The fourth-order valence-corrected chi connectivity index (χ4v) is 2.00. The van der Waals surface area contributed by atoms with E-state index in [-0.39, 0.29) is 25.8 Å². The standard InChI is InChI=1S/C11H10Cl2.Hf/c12-10-5-1-3-8(10)7-9-4-2-6-11(9)13;/h1-4H,5-7H2;. The monoisotopic (exact) mass is 392 g/mol. The summed E-state index contributed by atoms with van der Waals surface area (Å²) in [4.78, 5) is 0. The fourth-order valence-electron chi connectivity index (χ4n) is 1.57. The Balaban J connectivity index is 0.000000980. The molecule has 0 amide bonds. The molecule has 0 heterocycles. The van der Waals surface area contributed by atoms with Crippen molar-refractivity contribution in [1.29, 1.82) is 0 Å². The minimum atomic E-state index is 0. The molecule has 0 spiro atoms. The van der Waals surface area contributed by atoms with Crippen LogP contribution in [0, 0.1) is 0 Å². The van der Waals surface area contributed by atoms with E-state index >= 15 is 0 Å². The van der Waals surface area contributed by atoms with Gasteiger partial charge in [0.15, 0.2) is 0 Å². The molecule has 0 saturated carbocycles. The Labute approximate surface area is 113 Å². The van der Waals surface area contributed by atoms with Gasteiger partial charge in [-0.2, -0.15) is 0 Å². The van der Waals surface area contributed by atoms with E-state index < -0.39 is 0 Å². The molecular weight excluding hydrogens is 382 g/mol. The molecular formula is C11H10Cl2Hf. The molecule has 0 atom stereocenters. The third-order valence-corrected chi connectivity index (χ3v) is 3.10. The average Bonchev–Trinajstić information content (AvgIpc) is 2.65. The quantitative estimate of drug-likeness (QED) is 0.617. The second kappa shape index (κ2) is 5.48. The van der Waals surface area contributed by atoms with Crippen molar-refractivity contribution in [3.63, 3.8) is 0 Å². The summed E-state index contributed by atoms with van der Waals surface area (Å²) in [5.41, 5.74) is 2.42. The first-order valence-electron chi connectivity index (χ1n) is 4.35. The van der Waals surface area contributed by atoms with Crippen LogP contribution < -0.4 is 0 Å². The molecule has 3 heteroatoms. The molecule has 0 nitrogen and oxygen atoms in total. The Morgan fingerprint density at radius 3 is 1.64 bits per heavy atom. The molecule has 2 aliphatic carbocycles. The zero-order chi connectivity index (χ0) is 9.26. The molecule has 0 saturated heterocycles. The van der Waals surface area contributed by atoms with E-state index in [1.54, 1.807) is 0 Å². The summed E-state index contributed by atoms with van der Waals surface area (Å²) in [6, 6.07) is 0. The van der Waals surface area contributed by atoms with Crippen molar-refractivity contribution in [3.8, 4) is 0 Å². The van der Waals surface area contributed by atoms with Gasteiger partial charge in [0.05, 0.1) is 0 Å². The predicted molar refractivity (Wildman–Crippen MR) is 57.9 cm³/mol. The van der Waals surface area contributed by atoms with Crippen LogP contribution in [0.5, 0.6) is 0 Å². The minimum absolute atomic E-state index is 0. The Morgan fingerprint density at radius 1 is 0.929 bits per heavy atom. The number of hydrogen-bond acceptors (Lipinski definition) is 0. The van der Waals surface area contributed by atoms with Gasteiger partial charge in [0.25, 0.3) is 0 Å². The van der Waals surface area contributed by atoms with Crippen LogP contribution >= 0.6 is 23.2 Å². The molecule has 0 aromatic rings. The summed E-state index contributed by atoms with van der Waals surface area (Å²) >= 11 is 12.1. The molecule has 72 valence electrons. The summed E-state index contributed by atoms with van der Waals surface area (Å²) < 4.78 is 0. The summed E-state index contributed by atoms with van der Waals surface area (Å²) in [6.07, 6.45) is 11.0. The molecule has 0 fully saturated rings. The number of hydrogen-bond donors (Lipinski definition) is 0. The number of allylic oxidation sites excluding steroid dienone is 8. The molecule has 0 bridgehead atoms. The summed E-state index contributed by atoms with van der Waals surface area (Å²) in [5, 5.41) is 1.91. The van der Waals surface area contributed by atoms with E-state index in [4.69, 9.17) is 23.2 Å². The van der Waals surface area contributed by atoms with Gasteiger partial charge in [-0.05, 0) is 17.6 Å². The second-order valence-corrected chi connectivity index (χ2v) is 4.16. The van der Waals surface area contributed by atoms with Gasteiger partial charge in [-0.15, -0.1) is 0 Å². The average molecular weight is 392 g/mol. The first-order valence-corrected chi connectivity index (χ1v) is 5.11. The number of rotatable bonds is 2. The van der Waals surface area contributed by atoms with E-state index in [9.17, 15) is 0 Å². The van der Waals surface area contributed by atoms with Crippen molar-refractivity contribution in [3.05, 3.63) is 45.5 Å². The molecule has 0 aromatic carbocycles. The van der Waals surface area contributed by atoms with E-state index in [1.165, 1.54) is 11.1 Å². The molecule has 2 aliphatic rings. The third-order valence-electron chi connectivity index (χ3n) is 2.31. The maximum atomic E-state index is 6.03. The smallest absolute Gasteiger partial charge is 0.0253 e.